The standard InChI is InChI=1S/C12H15BrN2O3/c1-8(16)12(18)14-7-6-11(17)15-10-4-2-9(13)3-5-10/h2-5,8,16H,6-7H2,1H3,(H,14,18)(H,15,17). The quantitative estimate of drug-likeness (QED) is 0.766. The molecule has 0 spiro atoms. The largest absolute Gasteiger partial charge is 0.384 e. The Kier molecular flexibility index (Phi) is 5.80. The molecule has 0 aliphatic rings. The van der Waals surface area contributed by atoms with E-state index in [1.54, 1.807) is 12.1 Å². The van der Waals surface area contributed by atoms with Gasteiger partial charge in [-0.3, -0.25) is 9.59 Å². The highest BCUT2D eigenvalue weighted by molar-refractivity contribution is 9.10. The Bertz CT molecular complexity index is 418. The van der Waals surface area contributed by atoms with Crippen LogP contribution in [0.2, 0.25) is 0 Å². The molecule has 1 aromatic rings. The summed E-state index contributed by atoms with van der Waals surface area (Å²) in [6.07, 6.45) is -0.895. The van der Waals surface area contributed by atoms with Gasteiger partial charge in [0.15, 0.2) is 0 Å². The molecule has 0 heterocycles. The lowest BCUT2D eigenvalue weighted by molar-refractivity contribution is -0.128. The van der Waals surface area contributed by atoms with E-state index < -0.39 is 12.0 Å². The number of carbonyl (C=O) groups is 2. The topological polar surface area (TPSA) is 78.4 Å². The smallest absolute Gasteiger partial charge is 0.248 e. The minimum atomic E-state index is -1.06. The summed E-state index contributed by atoms with van der Waals surface area (Å²) >= 11 is 3.30. The average Bonchev–Trinajstić information content (AvgIpc) is 2.32. The maximum absolute atomic E-state index is 11.5. The summed E-state index contributed by atoms with van der Waals surface area (Å²) in [6.45, 7) is 1.57. The number of aliphatic hydroxyl groups is 1. The first-order valence-corrected chi connectivity index (χ1v) is 6.29. The van der Waals surface area contributed by atoms with E-state index in [1.165, 1.54) is 6.92 Å². The SMILES string of the molecule is CC(O)C(=O)NCCC(=O)Nc1ccc(Br)cc1. The number of anilines is 1. The van der Waals surface area contributed by atoms with Crippen molar-refractivity contribution in [2.75, 3.05) is 11.9 Å². The van der Waals surface area contributed by atoms with Gasteiger partial charge in [0, 0.05) is 23.1 Å². The first-order valence-electron chi connectivity index (χ1n) is 5.50. The highest BCUT2D eigenvalue weighted by atomic mass is 79.9. The third-order valence-corrected chi connectivity index (χ3v) is 2.69. The lowest BCUT2D eigenvalue weighted by atomic mass is 10.3. The Balaban J connectivity index is 2.30. The zero-order valence-corrected chi connectivity index (χ0v) is 11.5. The van der Waals surface area contributed by atoms with Gasteiger partial charge in [0.2, 0.25) is 11.8 Å². The van der Waals surface area contributed by atoms with Crippen LogP contribution in [0, 0.1) is 0 Å². The molecule has 0 saturated carbocycles. The molecule has 0 aliphatic carbocycles. The molecule has 1 atom stereocenters. The average molecular weight is 315 g/mol. The zero-order valence-electron chi connectivity index (χ0n) is 9.94. The summed E-state index contributed by atoms with van der Waals surface area (Å²) in [5, 5.41) is 14.1. The molecule has 5 nitrogen and oxygen atoms in total. The van der Waals surface area contributed by atoms with E-state index in [-0.39, 0.29) is 18.9 Å². The molecule has 6 heteroatoms. The van der Waals surface area contributed by atoms with Gasteiger partial charge in [0.1, 0.15) is 6.10 Å². The summed E-state index contributed by atoms with van der Waals surface area (Å²) in [7, 11) is 0. The summed E-state index contributed by atoms with van der Waals surface area (Å²) < 4.78 is 0.935. The second-order valence-electron chi connectivity index (χ2n) is 3.77. The monoisotopic (exact) mass is 314 g/mol. The Morgan fingerprint density at radius 2 is 1.94 bits per heavy atom. The van der Waals surface area contributed by atoms with Crippen LogP contribution < -0.4 is 10.6 Å². The van der Waals surface area contributed by atoms with Crippen LogP contribution in [0.5, 0.6) is 0 Å². The van der Waals surface area contributed by atoms with Crippen LogP contribution in [0.25, 0.3) is 0 Å². The second kappa shape index (κ2) is 7.13. The summed E-state index contributed by atoms with van der Waals surface area (Å²) in [5.41, 5.74) is 0.699. The fourth-order valence-corrected chi connectivity index (χ4v) is 1.47. The van der Waals surface area contributed by atoms with Gasteiger partial charge in [-0.25, -0.2) is 0 Å². The maximum Gasteiger partial charge on any atom is 0.248 e. The number of nitrogens with one attached hydrogen (secondary N) is 2. The van der Waals surface area contributed by atoms with Crippen molar-refractivity contribution < 1.29 is 14.7 Å². The van der Waals surface area contributed by atoms with Crippen molar-refractivity contribution in [3.63, 3.8) is 0 Å². The van der Waals surface area contributed by atoms with E-state index in [9.17, 15) is 9.59 Å². The van der Waals surface area contributed by atoms with E-state index in [2.05, 4.69) is 26.6 Å². The number of rotatable bonds is 5. The minimum absolute atomic E-state index is 0.161. The molecule has 1 rings (SSSR count). The Labute approximate surface area is 114 Å². The third kappa shape index (κ3) is 5.29. The number of halogens is 1. The van der Waals surface area contributed by atoms with Crippen molar-refractivity contribution >= 4 is 33.4 Å². The molecule has 0 bridgehead atoms. The van der Waals surface area contributed by atoms with Crippen molar-refractivity contribution in [3.05, 3.63) is 28.7 Å². The van der Waals surface area contributed by atoms with Crippen LogP contribution in [0.3, 0.4) is 0 Å². The number of aliphatic hydroxyl groups excluding tert-OH is 1. The van der Waals surface area contributed by atoms with Gasteiger partial charge >= 0.3 is 0 Å². The molecule has 1 aromatic carbocycles. The van der Waals surface area contributed by atoms with Gasteiger partial charge in [-0.05, 0) is 31.2 Å². The van der Waals surface area contributed by atoms with Gasteiger partial charge in [-0.1, -0.05) is 15.9 Å². The molecule has 0 radical (unpaired) electrons. The van der Waals surface area contributed by atoms with Crippen LogP contribution in [0.4, 0.5) is 5.69 Å². The predicted octanol–water partition coefficient (Wildman–Crippen LogP) is 1.27. The summed E-state index contributed by atoms with van der Waals surface area (Å²) in [4.78, 5) is 22.5. The van der Waals surface area contributed by atoms with Gasteiger partial charge < -0.3 is 15.7 Å². The van der Waals surface area contributed by atoms with Crippen molar-refractivity contribution in [1.82, 2.24) is 5.32 Å². The van der Waals surface area contributed by atoms with Gasteiger partial charge in [-0.15, -0.1) is 0 Å². The van der Waals surface area contributed by atoms with E-state index >= 15 is 0 Å². The normalized spacial score (nSPS) is 11.7. The van der Waals surface area contributed by atoms with E-state index in [1.807, 2.05) is 12.1 Å². The molecular formula is C12H15BrN2O3. The number of amides is 2. The first kappa shape index (κ1) is 14.7. The second-order valence-corrected chi connectivity index (χ2v) is 4.69. The Hall–Kier alpha value is -1.40. The van der Waals surface area contributed by atoms with Crippen molar-refractivity contribution in [2.24, 2.45) is 0 Å². The molecule has 98 valence electrons. The highest BCUT2D eigenvalue weighted by Crippen LogP contribution is 2.14. The van der Waals surface area contributed by atoms with Crippen LogP contribution in [-0.4, -0.2) is 29.6 Å². The summed E-state index contributed by atoms with van der Waals surface area (Å²) in [6, 6.07) is 7.20. The first-order chi connectivity index (χ1) is 8.49. The van der Waals surface area contributed by atoms with Crippen LogP contribution in [0.15, 0.2) is 28.7 Å². The van der Waals surface area contributed by atoms with Gasteiger partial charge in [-0.2, -0.15) is 0 Å². The van der Waals surface area contributed by atoms with E-state index in [0.717, 1.165) is 4.47 Å². The summed E-state index contributed by atoms with van der Waals surface area (Å²) in [5.74, 6) is -0.672. The van der Waals surface area contributed by atoms with Gasteiger partial charge in [0.05, 0.1) is 0 Å². The fourth-order valence-electron chi connectivity index (χ4n) is 1.20. The molecule has 0 aromatic heterocycles. The highest BCUT2D eigenvalue weighted by Gasteiger charge is 2.08. The van der Waals surface area contributed by atoms with Gasteiger partial charge in [0.25, 0.3) is 0 Å². The lowest BCUT2D eigenvalue weighted by Gasteiger charge is -2.07. The van der Waals surface area contributed by atoms with Crippen molar-refractivity contribution in [2.45, 2.75) is 19.4 Å². The van der Waals surface area contributed by atoms with Crippen LogP contribution in [0.1, 0.15) is 13.3 Å². The molecule has 0 aliphatic heterocycles. The van der Waals surface area contributed by atoms with Crippen molar-refractivity contribution in [3.8, 4) is 0 Å². The van der Waals surface area contributed by atoms with E-state index in [4.69, 9.17) is 5.11 Å². The fraction of sp³-hybridized carbons (Fsp3) is 0.333. The van der Waals surface area contributed by atoms with Crippen LogP contribution in [-0.2, 0) is 9.59 Å². The zero-order chi connectivity index (χ0) is 13.5. The number of carbonyl (C=O) groups excluding carboxylic acids is 2. The third-order valence-electron chi connectivity index (χ3n) is 2.16. The molecule has 2 amide bonds. The molecule has 1 unspecified atom stereocenters. The number of hydrogen-bond acceptors (Lipinski definition) is 3. The molecule has 18 heavy (non-hydrogen) atoms. The minimum Gasteiger partial charge on any atom is -0.384 e. The Morgan fingerprint density at radius 1 is 1.33 bits per heavy atom. The Morgan fingerprint density at radius 3 is 2.50 bits per heavy atom. The molecular weight excluding hydrogens is 300 g/mol. The molecule has 0 fully saturated rings. The van der Waals surface area contributed by atoms with Crippen molar-refractivity contribution in [1.29, 1.82) is 0 Å². The van der Waals surface area contributed by atoms with E-state index in [0.29, 0.717) is 5.69 Å². The molecule has 3 N–H and O–H groups in total. The molecule has 0 saturated heterocycles. The predicted molar refractivity (Wildman–Crippen MR) is 72.1 cm³/mol. The van der Waals surface area contributed by atoms with Crippen LogP contribution >= 0.6 is 15.9 Å². The number of benzene rings is 1. The number of hydrogen-bond donors (Lipinski definition) is 3. The maximum atomic E-state index is 11.5. The lowest BCUT2D eigenvalue weighted by Crippen LogP contribution is -2.34.